The molecular weight excluding hydrogens is 306 g/mol. The summed E-state index contributed by atoms with van der Waals surface area (Å²) in [7, 11) is 0. The number of carbonyl (C=O) groups excluding carboxylic acids is 1. The molecule has 6 nitrogen and oxygen atoms in total. The molecule has 24 heavy (non-hydrogen) atoms. The summed E-state index contributed by atoms with van der Waals surface area (Å²) in [6.07, 6.45) is 0. The lowest BCUT2D eigenvalue weighted by molar-refractivity contribution is 0.102. The molecule has 0 saturated heterocycles. The molecule has 6 heteroatoms. The second-order valence-electron chi connectivity index (χ2n) is 5.59. The highest BCUT2D eigenvalue weighted by atomic mass is 16.4. The van der Waals surface area contributed by atoms with E-state index in [1.807, 2.05) is 38.1 Å². The van der Waals surface area contributed by atoms with Gasteiger partial charge in [0.2, 0.25) is 5.89 Å². The lowest BCUT2D eigenvalue weighted by atomic mass is 10.2. The minimum atomic E-state index is -0.215. The van der Waals surface area contributed by atoms with Crippen LogP contribution in [-0.2, 0) is 6.54 Å². The molecule has 0 spiro atoms. The lowest BCUT2D eigenvalue weighted by Crippen LogP contribution is -2.12. The Bertz CT molecular complexity index is 893. The van der Waals surface area contributed by atoms with Crippen LogP contribution < -0.4 is 11.1 Å². The average molecular weight is 325 g/mol. The maximum atomic E-state index is 12.4. The van der Waals surface area contributed by atoms with Crippen LogP contribution in [0.3, 0.4) is 0 Å². The largest absolute Gasteiger partial charge is 0.466 e. The van der Waals surface area contributed by atoms with Crippen molar-refractivity contribution in [3.63, 3.8) is 0 Å². The van der Waals surface area contributed by atoms with Crippen LogP contribution in [-0.4, -0.2) is 10.9 Å². The third-order valence-electron chi connectivity index (χ3n) is 3.74. The van der Waals surface area contributed by atoms with Gasteiger partial charge in [0.05, 0.1) is 11.3 Å². The first-order valence-electron chi connectivity index (χ1n) is 7.63. The van der Waals surface area contributed by atoms with Crippen molar-refractivity contribution in [2.75, 3.05) is 5.32 Å². The van der Waals surface area contributed by atoms with Crippen LogP contribution in [0.2, 0.25) is 0 Å². The van der Waals surface area contributed by atoms with Crippen LogP contribution in [0.1, 0.15) is 33.3 Å². The number of carbonyl (C=O) groups is 1. The van der Waals surface area contributed by atoms with E-state index in [9.17, 15) is 4.79 Å². The van der Waals surface area contributed by atoms with Gasteiger partial charge in [-0.3, -0.25) is 4.79 Å². The summed E-state index contributed by atoms with van der Waals surface area (Å²) in [6, 6.07) is 9.04. The van der Waals surface area contributed by atoms with Crippen LogP contribution >= 0.6 is 0 Å². The third-order valence-corrected chi connectivity index (χ3v) is 3.74. The number of amides is 1. The van der Waals surface area contributed by atoms with E-state index in [1.165, 1.54) is 0 Å². The van der Waals surface area contributed by atoms with Crippen molar-refractivity contribution >= 4 is 11.6 Å². The normalized spacial score (nSPS) is 10.8. The SMILES string of the molecule is Cc1cc(C(=O)Nc2cccc(-c3nc(CN)c(C)o3)c2)c(C)o1. The fourth-order valence-electron chi connectivity index (χ4n) is 2.53. The summed E-state index contributed by atoms with van der Waals surface area (Å²) in [6.45, 7) is 5.73. The van der Waals surface area contributed by atoms with Gasteiger partial charge in [-0.25, -0.2) is 4.98 Å². The summed E-state index contributed by atoms with van der Waals surface area (Å²) in [5.41, 5.74) is 8.31. The van der Waals surface area contributed by atoms with Gasteiger partial charge in [-0.1, -0.05) is 6.07 Å². The Hall–Kier alpha value is -2.86. The Labute approximate surface area is 139 Å². The molecular formula is C18H19N3O3. The minimum Gasteiger partial charge on any atom is -0.466 e. The van der Waals surface area contributed by atoms with E-state index in [1.54, 1.807) is 13.0 Å². The lowest BCUT2D eigenvalue weighted by Gasteiger charge is -2.05. The second kappa shape index (κ2) is 6.33. The number of hydrogen-bond acceptors (Lipinski definition) is 5. The third kappa shape index (κ3) is 3.09. The summed E-state index contributed by atoms with van der Waals surface area (Å²) in [4.78, 5) is 16.7. The quantitative estimate of drug-likeness (QED) is 0.764. The number of rotatable bonds is 4. The van der Waals surface area contributed by atoms with Crippen LogP contribution in [0.15, 0.2) is 39.2 Å². The maximum absolute atomic E-state index is 12.4. The van der Waals surface area contributed by atoms with Crippen molar-refractivity contribution in [2.24, 2.45) is 5.73 Å². The number of nitrogens with zero attached hydrogens (tertiary/aromatic N) is 1. The summed E-state index contributed by atoms with van der Waals surface area (Å²) >= 11 is 0. The molecule has 1 aromatic carbocycles. The van der Waals surface area contributed by atoms with E-state index in [0.29, 0.717) is 41.0 Å². The van der Waals surface area contributed by atoms with Crippen molar-refractivity contribution < 1.29 is 13.6 Å². The first-order valence-corrected chi connectivity index (χ1v) is 7.63. The highest BCUT2D eigenvalue weighted by Gasteiger charge is 2.15. The highest BCUT2D eigenvalue weighted by Crippen LogP contribution is 2.25. The van der Waals surface area contributed by atoms with Crippen molar-refractivity contribution in [2.45, 2.75) is 27.3 Å². The molecule has 0 radical (unpaired) electrons. The fraction of sp³-hybridized carbons (Fsp3) is 0.222. The Kier molecular flexibility index (Phi) is 4.22. The zero-order valence-electron chi connectivity index (χ0n) is 13.8. The molecule has 3 aromatic rings. The number of furan rings is 1. The number of hydrogen-bond donors (Lipinski definition) is 2. The van der Waals surface area contributed by atoms with E-state index in [4.69, 9.17) is 14.6 Å². The maximum Gasteiger partial charge on any atom is 0.259 e. The van der Waals surface area contributed by atoms with Crippen LogP contribution in [0.4, 0.5) is 5.69 Å². The number of benzene rings is 1. The predicted octanol–water partition coefficient (Wildman–Crippen LogP) is 3.57. The van der Waals surface area contributed by atoms with Crippen LogP contribution in [0, 0.1) is 20.8 Å². The number of anilines is 1. The molecule has 0 atom stereocenters. The Morgan fingerprint density at radius 1 is 1.17 bits per heavy atom. The fourth-order valence-corrected chi connectivity index (χ4v) is 2.53. The van der Waals surface area contributed by atoms with Gasteiger partial charge in [0, 0.05) is 17.8 Å². The van der Waals surface area contributed by atoms with Crippen LogP contribution in [0.25, 0.3) is 11.5 Å². The molecule has 0 saturated carbocycles. The number of nitrogens with one attached hydrogen (secondary N) is 1. The highest BCUT2D eigenvalue weighted by molar-refractivity contribution is 6.05. The van der Waals surface area contributed by atoms with Crippen molar-refractivity contribution in [1.29, 1.82) is 0 Å². The Morgan fingerprint density at radius 2 is 1.96 bits per heavy atom. The number of aryl methyl sites for hydroxylation is 3. The number of aromatic nitrogens is 1. The number of nitrogens with two attached hydrogens (primary N) is 1. The first-order chi connectivity index (χ1) is 11.5. The molecule has 3 N–H and O–H groups in total. The Morgan fingerprint density at radius 3 is 2.58 bits per heavy atom. The minimum absolute atomic E-state index is 0.215. The van der Waals surface area contributed by atoms with E-state index in [-0.39, 0.29) is 5.91 Å². The van der Waals surface area contributed by atoms with E-state index in [2.05, 4.69) is 10.3 Å². The zero-order chi connectivity index (χ0) is 17.3. The average Bonchev–Trinajstić information content (AvgIpc) is 3.09. The molecule has 3 rings (SSSR count). The van der Waals surface area contributed by atoms with Crippen molar-refractivity contribution in [1.82, 2.24) is 4.98 Å². The van der Waals surface area contributed by atoms with Gasteiger partial charge < -0.3 is 19.9 Å². The Balaban J connectivity index is 1.85. The van der Waals surface area contributed by atoms with E-state index >= 15 is 0 Å². The molecule has 0 fully saturated rings. The molecule has 1 amide bonds. The predicted molar refractivity (Wildman–Crippen MR) is 90.7 cm³/mol. The van der Waals surface area contributed by atoms with E-state index < -0.39 is 0 Å². The summed E-state index contributed by atoms with van der Waals surface area (Å²) in [5.74, 6) is 2.27. The topological polar surface area (TPSA) is 94.3 Å². The second-order valence-corrected chi connectivity index (χ2v) is 5.59. The molecule has 0 bridgehead atoms. The molecule has 124 valence electrons. The van der Waals surface area contributed by atoms with Gasteiger partial charge >= 0.3 is 0 Å². The smallest absolute Gasteiger partial charge is 0.259 e. The molecule has 2 heterocycles. The van der Waals surface area contributed by atoms with Gasteiger partial charge in [0.1, 0.15) is 17.3 Å². The monoisotopic (exact) mass is 325 g/mol. The van der Waals surface area contributed by atoms with Crippen LogP contribution in [0.5, 0.6) is 0 Å². The number of oxazole rings is 1. The molecule has 0 aliphatic rings. The van der Waals surface area contributed by atoms with Gasteiger partial charge in [-0.05, 0) is 45.0 Å². The summed E-state index contributed by atoms with van der Waals surface area (Å²) < 4.78 is 11.0. The molecule has 2 aromatic heterocycles. The van der Waals surface area contributed by atoms with Gasteiger partial charge in [0.15, 0.2) is 0 Å². The summed E-state index contributed by atoms with van der Waals surface area (Å²) in [5, 5.41) is 2.86. The van der Waals surface area contributed by atoms with Gasteiger partial charge in [0.25, 0.3) is 5.91 Å². The molecule has 0 aliphatic heterocycles. The van der Waals surface area contributed by atoms with E-state index in [0.717, 1.165) is 11.3 Å². The van der Waals surface area contributed by atoms with Crippen molar-refractivity contribution in [3.05, 3.63) is 58.9 Å². The standard InChI is InChI=1S/C18H19N3O3/c1-10-7-15(11(2)23-10)17(22)20-14-6-4-5-13(8-14)18-21-16(9-19)12(3)24-18/h4-8H,9,19H2,1-3H3,(H,20,22). The van der Waals surface area contributed by atoms with Gasteiger partial charge in [-0.2, -0.15) is 0 Å². The zero-order valence-corrected chi connectivity index (χ0v) is 13.8. The first kappa shape index (κ1) is 16.0. The van der Waals surface area contributed by atoms with Crippen molar-refractivity contribution in [3.8, 4) is 11.5 Å². The molecule has 0 unspecified atom stereocenters. The molecule has 0 aliphatic carbocycles. The van der Waals surface area contributed by atoms with Gasteiger partial charge in [-0.15, -0.1) is 0 Å².